The van der Waals surface area contributed by atoms with E-state index in [0.717, 1.165) is 0 Å². The molecular formula is C8H12O3. The van der Waals surface area contributed by atoms with E-state index < -0.39 is 6.29 Å². The highest BCUT2D eigenvalue weighted by molar-refractivity contribution is 5.20. The number of hydrogen-bond donors (Lipinski definition) is 1. The Morgan fingerprint density at radius 2 is 1.82 bits per heavy atom. The van der Waals surface area contributed by atoms with Crippen LogP contribution in [0.25, 0.3) is 0 Å². The number of rotatable bonds is 2. The van der Waals surface area contributed by atoms with E-state index in [0.29, 0.717) is 5.75 Å². The van der Waals surface area contributed by atoms with Crippen LogP contribution in [0.3, 0.4) is 0 Å². The van der Waals surface area contributed by atoms with Gasteiger partial charge in [-0.05, 0) is 19.1 Å². The first-order valence-corrected chi connectivity index (χ1v) is 3.19. The van der Waals surface area contributed by atoms with E-state index in [2.05, 4.69) is 0 Å². The normalized spacial score (nSPS) is 11.5. The zero-order valence-electron chi connectivity index (χ0n) is 6.32. The molecule has 1 unspecified atom stereocenters. The van der Waals surface area contributed by atoms with Crippen LogP contribution in [0.4, 0.5) is 0 Å². The van der Waals surface area contributed by atoms with Gasteiger partial charge < -0.3 is 15.3 Å². The molecule has 1 aromatic rings. The molecule has 0 saturated heterocycles. The van der Waals surface area contributed by atoms with Crippen molar-refractivity contribution in [3.05, 3.63) is 30.3 Å². The van der Waals surface area contributed by atoms with Crippen molar-refractivity contribution in [2.24, 2.45) is 0 Å². The number of para-hydroxylation sites is 1. The zero-order valence-corrected chi connectivity index (χ0v) is 6.32. The third-order valence-corrected chi connectivity index (χ3v) is 1.05. The molecule has 0 spiro atoms. The second kappa shape index (κ2) is 4.71. The van der Waals surface area contributed by atoms with Crippen LogP contribution in [0.15, 0.2) is 30.3 Å². The van der Waals surface area contributed by atoms with Gasteiger partial charge in [-0.25, -0.2) is 0 Å². The van der Waals surface area contributed by atoms with E-state index in [9.17, 15) is 0 Å². The van der Waals surface area contributed by atoms with E-state index >= 15 is 0 Å². The number of hydrogen-bond acceptors (Lipinski definition) is 2. The summed E-state index contributed by atoms with van der Waals surface area (Å²) >= 11 is 0. The van der Waals surface area contributed by atoms with E-state index in [1.54, 1.807) is 19.1 Å². The standard InChI is InChI=1S/C8H10O2.H2O/c1-7(9)10-8-5-3-2-4-6-8;/h2-7,9H,1H3;1H2. The van der Waals surface area contributed by atoms with E-state index in [4.69, 9.17) is 9.84 Å². The van der Waals surface area contributed by atoms with Gasteiger partial charge in [0.1, 0.15) is 5.75 Å². The molecule has 0 fully saturated rings. The lowest BCUT2D eigenvalue weighted by atomic mass is 10.3. The molecule has 62 valence electrons. The first-order valence-electron chi connectivity index (χ1n) is 3.19. The Kier molecular flexibility index (Phi) is 4.26. The molecule has 3 nitrogen and oxygen atoms in total. The van der Waals surface area contributed by atoms with Gasteiger partial charge in [0.05, 0.1) is 0 Å². The van der Waals surface area contributed by atoms with Gasteiger partial charge in [0.2, 0.25) is 0 Å². The van der Waals surface area contributed by atoms with Gasteiger partial charge >= 0.3 is 0 Å². The fourth-order valence-electron chi connectivity index (χ4n) is 0.696. The minimum absolute atomic E-state index is 0. The second-order valence-corrected chi connectivity index (χ2v) is 2.03. The van der Waals surface area contributed by atoms with Crippen LogP contribution in [0.2, 0.25) is 0 Å². The molecule has 0 aromatic heterocycles. The SMILES string of the molecule is CC(O)Oc1ccccc1.O. The number of benzene rings is 1. The van der Waals surface area contributed by atoms with Crippen LogP contribution >= 0.6 is 0 Å². The van der Waals surface area contributed by atoms with E-state index in [1.165, 1.54) is 0 Å². The highest BCUT2D eigenvalue weighted by Crippen LogP contribution is 2.08. The fourth-order valence-corrected chi connectivity index (χ4v) is 0.696. The average molecular weight is 156 g/mol. The van der Waals surface area contributed by atoms with Crippen LogP contribution in [0.5, 0.6) is 5.75 Å². The Hall–Kier alpha value is -1.06. The van der Waals surface area contributed by atoms with Crippen molar-refractivity contribution >= 4 is 0 Å². The summed E-state index contributed by atoms with van der Waals surface area (Å²) in [5.41, 5.74) is 0. The topological polar surface area (TPSA) is 61.0 Å². The maximum atomic E-state index is 8.78. The molecule has 0 heterocycles. The molecule has 0 aliphatic carbocycles. The molecule has 1 rings (SSSR count). The maximum absolute atomic E-state index is 8.78. The Morgan fingerprint density at radius 1 is 1.27 bits per heavy atom. The summed E-state index contributed by atoms with van der Waals surface area (Å²) in [5, 5.41) is 8.78. The van der Waals surface area contributed by atoms with Crippen LogP contribution in [-0.4, -0.2) is 16.9 Å². The Balaban J connectivity index is 0.000001000. The van der Waals surface area contributed by atoms with Crippen LogP contribution in [0.1, 0.15) is 6.92 Å². The molecule has 0 aliphatic heterocycles. The molecule has 3 N–H and O–H groups in total. The third kappa shape index (κ3) is 3.60. The lowest BCUT2D eigenvalue weighted by molar-refractivity contribution is -0.000287. The minimum Gasteiger partial charge on any atom is -0.465 e. The lowest BCUT2D eigenvalue weighted by Crippen LogP contribution is -2.08. The molecule has 3 heteroatoms. The van der Waals surface area contributed by atoms with Crippen LogP contribution in [-0.2, 0) is 0 Å². The molecule has 0 saturated carbocycles. The van der Waals surface area contributed by atoms with E-state index in [1.807, 2.05) is 18.2 Å². The van der Waals surface area contributed by atoms with Crippen LogP contribution < -0.4 is 4.74 Å². The summed E-state index contributed by atoms with van der Waals surface area (Å²) in [7, 11) is 0. The van der Waals surface area contributed by atoms with Crippen molar-refractivity contribution < 1.29 is 15.3 Å². The number of aliphatic hydroxyl groups is 1. The van der Waals surface area contributed by atoms with Crippen molar-refractivity contribution in [1.29, 1.82) is 0 Å². The number of ether oxygens (including phenoxy) is 1. The summed E-state index contributed by atoms with van der Waals surface area (Å²) < 4.78 is 4.97. The highest BCUT2D eigenvalue weighted by atomic mass is 16.6. The molecule has 11 heavy (non-hydrogen) atoms. The molecule has 0 amide bonds. The molecule has 0 aliphatic rings. The predicted octanol–water partition coefficient (Wildman–Crippen LogP) is 0.579. The van der Waals surface area contributed by atoms with Gasteiger partial charge in [0, 0.05) is 0 Å². The summed E-state index contributed by atoms with van der Waals surface area (Å²) in [6.07, 6.45) is -0.734. The smallest absolute Gasteiger partial charge is 0.194 e. The van der Waals surface area contributed by atoms with Gasteiger partial charge in [0.25, 0.3) is 0 Å². The summed E-state index contributed by atoms with van der Waals surface area (Å²) in [6, 6.07) is 9.21. The summed E-state index contributed by atoms with van der Waals surface area (Å²) in [6.45, 7) is 1.58. The molecular weight excluding hydrogens is 144 g/mol. The third-order valence-electron chi connectivity index (χ3n) is 1.05. The summed E-state index contributed by atoms with van der Waals surface area (Å²) in [4.78, 5) is 0. The van der Waals surface area contributed by atoms with Gasteiger partial charge in [0.15, 0.2) is 6.29 Å². The molecule has 0 bridgehead atoms. The zero-order chi connectivity index (χ0) is 7.40. The predicted molar refractivity (Wildman–Crippen MR) is 42.4 cm³/mol. The lowest BCUT2D eigenvalue weighted by Gasteiger charge is -2.06. The first-order chi connectivity index (χ1) is 4.79. The number of aliphatic hydroxyl groups excluding tert-OH is 1. The maximum Gasteiger partial charge on any atom is 0.194 e. The second-order valence-electron chi connectivity index (χ2n) is 2.03. The van der Waals surface area contributed by atoms with Crippen molar-refractivity contribution in [3.8, 4) is 5.75 Å². The Morgan fingerprint density at radius 3 is 2.27 bits per heavy atom. The minimum atomic E-state index is -0.734. The Bertz CT molecular complexity index is 184. The quantitative estimate of drug-likeness (QED) is 0.636. The van der Waals surface area contributed by atoms with Gasteiger partial charge in [-0.3, -0.25) is 0 Å². The van der Waals surface area contributed by atoms with Gasteiger partial charge in [-0.15, -0.1) is 0 Å². The summed E-state index contributed by atoms with van der Waals surface area (Å²) in [5.74, 6) is 0.692. The van der Waals surface area contributed by atoms with Crippen LogP contribution in [0, 0.1) is 0 Å². The first kappa shape index (κ1) is 9.94. The largest absolute Gasteiger partial charge is 0.465 e. The van der Waals surface area contributed by atoms with Gasteiger partial charge in [-0.1, -0.05) is 18.2 Å². The Labute approximate surface area is 65.5 Å². The van der Waals surface area contributed by atoms with Crippen molar-refractivity contribution in [2.75, 3.05) is 0 Å². The molecule has 0 radical (unpaired) electrons. The van der Waals surface area contributed by atoms with Crippen molar-refractivity contribution in [2.45, 2.75) is 13.2 Å². The highest BCUT2D eigenvalue weighted by Gasteiger charge is 1.94. The fraction of sp³-hybridized carbons (Fsp3) is 0.250. The van der Waals surface area contributed by atoms with Crippen molar-refractivity contribution in [3.63, 3.8) is 0 Å². The molecule has 1 aromatic carbocycles. The average Bonchev–Trinajstić information content (AvgIpc) is 1.88. The van der Waals surface area contributed by atoms with Gasteiger partial charge in [-0.2, -0.15) is 0 Å². The monoisotopic (exact) mass is 156 g/mol. The van der Waals surface area contributed by atoms with Crippen molar-refractivity contribution in [1.82, 2.24) is 0 Å². The van der Waals surface area contributed by atoms with E-state index in [-0.39, 0.29) is 5.48 Å². The molecule has 1 atom stereocenters.